The van der Waals surface area contributed by atoms with Crippen molar-refractivity contribution >= 4 is 5.78 Å². The highest BCUT2D eigenvalue weighted by atomic mass is 16.3. The van der Waals surface area contributed by atoms with Crippen molar-refractivity contribution in [3.05, 3.63) is 65.7 Å². The first-order chi connectivity index (χ1) is 13.7. The van der Waals surface area contributed by atoms with Gasteiger partial charge in [-0.3, -0.25) is 4.79 Å². The molecule has 2 N–H and O–H groups in total. The normalized spacial score (nSPS) is 20.3. The average molecular weight is 380 g/mol. The van der Waals surface area contributed by atoms with E-state index in [0.29, 0.717) is 18.6 Å². The average Bonchev–Trinajstić information content (AvgIpc) is 3.35. The van der Waals surface area contributed by atoms with E-state index in [-0.39, 0.29) is 17.6 Å². The molecule has 0 unspecified atom stereocenters. The molecular weight excluding hydrogens is 352 g/mol. The van der Waals surface area contributed by atoms with Gasteiger partial charge in [0.1, 0.15) is 5.78 Å². The first-order valence-corrected chi connectivity index (χ1v) is 10.1. The number of aliphatic hydroxyl groups is 1. The summed E-state index contributed by atoms with van der Waals surface area (Å²) in [5, 5.41) is 24.4. The highest BCUT2D eigenvalue weighted by molar-refractivity contribution is 5.84. The highest BCUT2D eigenvalue weighted by Gasteiger charge is 2.35. The Hall–Kier alpha value is -2.76. The van der Waals surface area contributed by atoms with Gasteiger partial charge in [-0.25, -0.2) is 0 Å². The number of allylic oxidation sites excluding steroid dienone is 4. The zero-order valence-electron chi connectivity index (χ0n) is 16.1. The van der Waals surface area contributed by atoms with Crippen molar-refractivity contribution in [2.75, 3.05) is 0 Å². The zero-order chi connectivity index (χ0) is 19.6. The maximum atomic E-state index is 12.3. The van der Waals surface area contributed by atoms with Crippen LogP contribution in [0.3, 0.4) is 0 Å². The van der Waals surface area contributed by atoms with Crippen LogP contribution in [0.25, 0.3) is 0 Å². The fourth-order valence-electron chi connectivity index (χ4n) is 3.77. The number of rotatable bonds is 10. The predicted octanol–water partition coefficient (Wildman–Crippen LogP) is 4.14. The molecule has 1 aromatic heterocycles. The molecule has 6 heteroatoms. The third-order valence-corrected chi connectivity index (χ3v) is 5.33. The first-order valence-electron chi connectivity index (χ1n) is 10.1. The minimum atomic E-state index is -0.0959. The number of carbonyl (C=O) groups excluding carboxylic acids is 1. The van der Waals surface area contributed by atoms with Gasteiger partial charge in [0.05, 0.1) is 5.76 Å². The number of hydrogen-bond acceptors (Lipinski definition) is 5. The second-order valence-electron chi connectivity index (χ2n) is 7.30. The van der Waals surface area contributed by atoms with E-state index < -0.39 is 0 Å². The lowest BCUT2D eigenvalue weighted by molar-refractivity contribution is -0.121. The number of nitrogens with zero attached hydrogens (tertiary/aromatic N) is 3. The van der Waals surface area contributed by atoms with Crippen molar-refractivity contribution in [2.24, 2.45) is 11.8 Å². The van der Waals surface area contributed by atoms with Crippen molar-refractivity contribution < 1.29 is 9.90 Å². The molecule has 0 aliphatic heterocycles. The molecule has 1 saturated carbocycles. The Balaban J connectivity index is 1.43. The Morgan fingerprint density at radius 2 is 2.04 bits per heavy atom. The van der Waals surface area contributed by atoms with Gasteiger partial charge in [-0.2, -0.15) is 5.21 Å². The Kier molecular flexibility index (Phi) is 7.53. The van der Waals surface area contributed by atoms with Gasteiger partial charge in [0, 0.05) is 24.7 Å². The molecule has 148 valence electrons. The molecule has 2 aromatic rings. The number of aromatic amines is 1. The van der Waals surface area contributed by atoms with E-state index >= 15 is 0 Å². The number of ketones is 1. The molecule has 1 aliphatic carbocycles. The Morgan fingerprint density at radius 1 is 1.18 bits per heavy atom. The van der Waals surface area contributed by atoms with Gasteiger partial charge in [-0.15, -0.1) is 10.2 Å². The van der Waals surface area contributed by atoms with E-state index in [1.54, 1.807) is 0 Å². The summed E-state index contributed by atoms with van der Waals surface area (Å²) in [6.45, 7) is 0. The Labute approximate surface area is 165 Å². The van der Waals surface area contributed by atoms with Gasteiger partial charge in [0.2, 0.25) is 0 Å². The van der Waals surface area contributed by atoms with Gasteiger partial charge in [-0.05, 0) is 50.2 Å². The molecular formula is C22H28N4O2. The largest absolute Gasteiger partial charge is 0.512 e. The molecule has 1 fully saturated rings. The predicted molar refractivity (Wildman–Crippen MR) is 108 cm³/mol. The smallest absolute Gasteiger partial charge is 0.174 e. The van der Waals surface area contributed by atoms with E-state index in [4.69, 9.17) is 0 Å². The van der Waals surface area contributed by atoms with E-state index in [0.717, 1.165) is 44.3 Å². The lowest BCUT2D eigenvalue weighted by Crippen LogP contribution is -2.16. The van der Waals surface area contributed by atoms with Crippen molar-refractivity contribution in [3.63, 3.8) is 0 Å². The Bertz CT molecular complexity index is 784. The molecule has 6 nitrogen and oxygen atoms in total. The molecule has 1 aliphatic rings. The number of Topliss-reactive ketones (excluding diaryl/α,β-unsaturated/α-hetero) is 1. The number of unbranched alkanes of at least 4 members (excludes halogenated alkanes) is 1. The van der Waals surface area contributed by atoms with E-state index in [9.17, 15) is 9.90 Å². The molecule has 28 heavy (non-hydrogen) atoms. The van der Waals surface area contributed by atoms with Gasteiger partial charge >= 0.3 is 0 Å². The summed E-state index contributed by atoms with van der Waals surface area (Å²) >= 11 is 0. The van der Waals surface area contributed by atoms with Crippen LogP contribution in [0.4, 0.5) is 0 Å². The van der Waals surface area contributed by atoms with Crippen molar-refractivity contribution in [1.29, 1.82) is 0 Å². The van der Waals surface area contributed by atoms with Gasteiger partial charge in [0.25, 0.3) is 0 Å². The zero-order valence-corrected chi connectivity index (χ0v) is 16.1. The van der Waals surface area contributed by atoms with Gasteiger partial charge < -0.3 is 5.11 Å². The summed E-state index contributed by atoms with van der Waals surface area (Å²) < 4.78 is 0. The summed E-state index contributed by atoms with van der Waals surface area (Å²) in [6, 6.07) is 10.2. The van der Waals surface area contributed by atoms with Crippen LogP contribution < -0.4 is 0 Å². The first kappa shape index (κ1) is 20.0. The van der Waals surface area contributed by atoms with Crippen LogP contribution >= 0.6 is 0 Å². The number of benzene rings is 1. The number of nitrogens with one attached hydrogen (secondary N) is 1. The third kappa shape index (κ3) is 5.87. The lowest BCUT2D eigenvalue weighted by atomic mass is 9.89. The number of aromatic nitrogens is 4. The highest BCUT2D eigenvalue weighted by Crippen LogP contribution is 2.36. The van der Waals surface area contributed by atoms with Crippen LogP contribution in [-0.4, -0.2) is 31.5 Å². The molecule has 0 radical (unpaired) electrons. The monoisotopic (exact) mass is 380 g/mol. The maximum absolute atomic E-state index is 12.3. The topological polar surface area (TPSA) is 91.8 Å². The van der Waals surface area contributed by atoms with E-state index in [1.165, 1.54) is 5.56 Å². The van der Waals surface area contributed by atoms with Crippen LogP contribution in [0.1, 0.15) is 49.9 Å². The molecule has 0 spiro atoms. The Morgan fingerprint density at radius 3 is 2.82 bits per heavy atom. The number of aryl methyl sites for hydroxylation is 2. The van der Waals surface area contributed by atoms with E-state index in [1.807, 2.05) is 24.3 Å². The van der Waals surface area contributed by atoms with Crippen LogP contribution in [-0.2, 0) is 17.6 Å². The van der Waals surface area contributed by atoms with Crippen LogP contribution in [0.5, 0.6) is 0 Å². The van der Waals surface area contributed by atoms with Crippen molar-refractivity contribution in [3.8, 4) is 0 Å². The summed E-state index contributed by atoms with van der Waals surface area (Å²) in [7, 11) is 0. The van der Waals surface area contributed by atoms with E-state index in [2.05, 4.69) is 44.9 Å². The quantitative estimate of drug-likeness (QED) is 0.367. The fourth-order valence-corrected chi connectivity index (χ4v) is 3.77. The number of aliphatic hydroxyl groups excluding tert-OH is 1. The number of hydrogen-bond donors (Lipinski definition) is 2. The summed E-state index contributed by atoms with van der Waals surface area (Å²) in [5.41, 5.74) is 1.26. The summed E-state index contributed by atoms with van der Waals surface area (Å²) in [5.74, 6) is 1.25. The second-order valence-corrected chi connectivity index (χ2v) is 7.30. The number of H-pyrrole nitrogens is 1. The van der Waals surface area contributed by atoms with Crippen LogP contribution in [0.15, 0.2) is 54.3 Å². The van der Waals surface area contributed by atoms with Crippen LogP contribution in [0, 0.1) is 11.8 Å². The molecule has 1 heterocycles. The van der Waals surface area contributed by atoms with Crippen molar-refractivity contribution in [2.45, 2.75) is 51.4 Å². The SMILES string of the molecule is O=C1CC[C@H](C(O)=CCCc2ccccc2)[C@H]1C/C=C\CCCc1nn[nH]n1. The molecule has 1 aromatic carbocycles. The van der Waals surface area contributed by atoms with Gasteiger partial charge in [-0.1, -0.05) is 47.7 Å². The van der Waals surface area contributed by atoms with Gasteiger partial charge in [0.15, 0.2) is 5.82 Å². The minimum Gasteiger partial charge on any atom is -0.512 e. The standard InChI is InChI=1S/C22H28N4O2/c27-20(13-8-11-17-9-4-3-5-10-17)19-15-16-21(28)18(19)12-6-1-2-7-14-22-23-25-26-24-22/h1,3-6,9-10,13,18-19,27H,2,7-8,11-12,14-16H2,(H,23,24,25,26)/b6-1-,20-13?/t18-,19+/m1/s1. The molecule has 0 saturated heterocycles. The molecule has 0 bridgehead atoms. The fraction of sp³-hybridized carbons (Fsp3) is 0.455. The van der Waals surface area contributed by atoms with Crippen molar-refractivity contribution in [1.82, 2.24) is 20.6 Å². The lowest BCUT2D eigenvalue weighted by Gasteiger charge is -2.16. The molecule has 2 atom stereocenters. The molecule has 0 amide bonds. The summed E-state index contributed by atoms with van der Waals surface area (Å²) in [6.07, 6.45) is 12.4. The number of tetrazole rings is 1. The van der Waals surface area contributed by atoms with Crippen LogP contribution in [0.2, 0.25) is 0 Å². The maximum Gasteiger partial charge on any atom is 0.174 e. The minimum absolute atomic E-state index is 0.0350. The summed E-state index contributed by atoms with van der Waals surface area (Å²) in [4.78, 5) is 12.3. The molecule has 3 rings (SSSR count). The third-order valence-electron chi connectivity index (χ3n) is 5.33. The number of carbonyl (C=O) groups is 1. The second kappa shape index (κ2) is 10.5.